The van der Waals surface area contributed by atoms with Crippen molar-refractivity contribution in [3.63, 3.8) is 0 Å². The number of nitrogens with zero attached hydrogens (tertiary/aromatic N) is 2. The fourth-order valence-corrected chi connectivity index (χ4v) is 3.16. The summed E-state index contributed by atoms with van der Waals surface area (Å²) in [5, 5.41) is 13.9. The Labute approximate surface area is 171 Å². The molecule has 1 heterocycles. The molecule has 4 aromatic rings. The number of ether oxygens (including phenoxy) is 1. The first-order chi connectivity index (χ1) is 14.5. The molecule has 1 aromatic heterocycles. The Morgan fingerprint density at radius 2 is 1.90 bits per heavy atom. The van der Waals surface area contributed by atoms with E-state index in [1.165, 1.54) is 6.07 Å². The fraction of sp³-hybridized carbons (Fsp3) is 0.0909. The van der Waals surface area contributed by atoms with E-state index in [9.17, 15) is 14.9 Å². The Hall–Kier alpha value is -4.20. The second-order valence-electron chi connectivity index (χ2n) is 6.51. The number of carbonyl (C=O) groups excluding carboxylic acids is 1. The largest absolute Gasteiger partial charge is 0.496 e. The highest BCUT2D eigenvalue weighted by Gasteiger charge is 2.17. The normalized spacial score (nSPS) is 10.7. The number of methoxy groups -OCH3 is 1. The van der Waals surface area contributed by atoms with Crippen LogP contribution < -0.4 is 10.1 Å². The van der Waals surface area contributed by atoms with Crippen molar-refractivity contribution in [1.82, 2.24) is 4.98 Å². The maximum Gasteiger partial charge on any atom is 0.273 e. The maximum atomic E-state index is 12.4. The molecule has 4 rings (SSSR count). The van der Waals surface area contributed by atoms with Crippen LogP contribution in [0.3, 0.4) is 0 Å². The maximum absolute atomic E-state index is 12.4. The summed E-state index contributed by atoms with van der Waals surface area (Å²) in [5.41, 5.74) is 2.62. The van der Waals surface area contributed by atoms with E-state index in [4.69, 9.17) is 9.15 Å². The Kier molecular flexibility index (Phi) is 5.13. The van der Waals surface area contributed by atoms with Crippen molar-refractivity contribution in [1.29, 1.82) is 0 Å². The van der Waals surface area contributed by atoms with Gasteiger partial charge < -0.3 is 14.5 Å². The molecule has 3 aromatic carbocycles. The third-order valence-corrected chi connectivity index (χ3v) is 4.55. The number of anilines is 1. The van der Waals surface area contributed by atoms with Crippen LogP contribution in [-0.2, 0) is 11.2 Å². The summed E-state index contributed by atoms with van der Waals surface area (Å²) in [7, 11) is 1.58. The molecule has 0 fully saturated rings. The number of para-hydroxylation sites is 2. The van der Waals surface area contributed by atoms with E-state index in [2.05, 4.69) is 10.3 Å². The lowest BCUT2D eigenvalue weighted by atomic mass is 10.1. The average molecular weight is 403 g/mol. The van der Waals surface area contributed by atoms with Crippen LogP contribution in [0.4, 0.5) is 11.4 Å². The van der Waals surface area contributed by atoms with Gasteiger partial charge >= 0.3 is 0 Å². The van der Waals surface area contributed by atoms with Gasteiger partial charge in [0, 0.05) is 23.4 Å². The molecular formula is C22H17N3O5. The Balaban J connectivity index is 1.56. The standard InChI is InChI=1S/C22H17N3O5/c1-29-19-9-5-3-7-16(19)22-24-17-11-10-15(13-20(17)30-22)23-21(26)12-14-6-2-4-8-18(14)25(27)28/h2-11,13H,12H2,1H3,(H,23,26). The van der Waals surface area contributed by atoms with Crippen molar-refractivity contribution in [3.8, 4) is 17.2 Å². The van der Waals surface area contributed by atoms with E-state index in [0.717, 1.165) is 5.56 Å². The van der Waals surface area contributed by atoms with Gasteiger partial charge in [0.05, 0.1) is 24.0 Å². The van der Waals surface area contributed by atoms with Crippen molar-refractivity contribution in [2.45, 2.75) is 6.42 Å². The highest BCUT2D eigenvalue weighted by atomic mass is 16.6. The third kappa shape index (κ3) is 3.83. The second kappa shape index (κ2) is 8.04. The first kappa shape index (κ1) is 19.1. The lowest BCUT2D eigenvalue weighted by Gasteiger charge is -2.05. The lowest BCUT2D eigenvalue weighted by Crippen LogP contribution is -2.15. The minimum absolute atomic E-state index is 0.0835. The van der Waals surface area contributed by atoms with Gasteiger partial charge in [-0.1, -0.05) is 30.3 Å². The van der Waals surface area contributed by atoms with Crippen LogP contribution in [0.1, 0.15) is 5.56 Å². The number of nitro benzene ring substituents is 1. The van der Waals surface area contributed by atoms with E-state index in [1.54, 1.807) is 43.5 Å². The van der Waals surface area contributed by atoms with Crippen LogP contribution in [0, 0.1) is 10.1 Å². The summed E-state index contributed by atoms with van der Waals surface area (Å²) in [6.45, 7) is 0. The molecule has 0 aliphatic rings. The van der Waals surface area contributed by atoms with E-state index in [0.29, 0.717) is 34.0 Å². The SMILES string of the molecule is COc1ccccc1-c1nc2ccc(NC(=O)Cc3ccccc3[N+](=O)[O-])cc2o1. The molecule has 0 bridgehead atoms. The van der Waals surface area contributed by atoms with E-state index in [1.807, 2.05) is 24.3 Å². The van der Waals surface area contributed by atoms with Crippen molar-refractivity contribution >= 4 is 28.4 Å². The van der Waals surface area contributed by atoms with Gasteiger partial charge in [0.15, 0.2) is 5.58 Å². The molecule has 1 amide bonds. The molecule has 0 unspecified atom stereocenters. The highest BCUT2D eigenvalue weighted by molar-refractivity contribution is 5.94. The zero-order chi connectivity index (χ0) is 21.1. The summed E-state index contributed by atoms with van der Waals surface area (Å²) >= 11 is 0. The smallest absolute Gasteiger partial charge is 0.273 e. The van der Waals surface area contributed by atoms with E-state index >= 15 is 0 Å². The van der Waals surface area contributed by atoms with Crippen LogP contribution in [0.5, 0.6) is 5.75 Å². The van der Waals surface area contributed by atoms with Gasteiger partial charge in [-0.3, -0.25) is 14.9 Å². The van der Waals surface area contributed by atoms with Crippen LogP contribution in [0.15, 0.2) is 71.1 Å². The summed E-state index contributed by atoms with van der Waals surface area (Å²) in [5.74, 6) is 0.681. The monoisotopic (exact) mass is 403 g/mol. The van der Waals surface area contributed by atoms with Gasteiger partial charge in [0.2, 0.25) is 11.8 Å². The summed E-state index contributed by atoms with van der Waals surface area (Å²) in [6.07, 6.45) is -0.113. The lowest BCUT2D eigenvalue weighted by molar-refractivity contribution is -0.385. The molecular weight excluding hydrogens is 386 g/mol. The second-order valence-corrected chi connectivity index (χ2v) is 6.51. The zero-order valence-electron chi connectivity index (χ0n) is 16.0. The summed E-state index contributed by atoms with van der Waals surface area (Å²) < 4.78 is 11.2. The number of hydrogen-bond donors (Lipinski definition) is 1. The van der Waals surface area contributed by atoms with Gasteiger partial charge in [0.1, 0.15) is 11.3 Å². The quantitative estimate of drug-likeness (QED) is 0.373. The molecule has 0 aliphatic heterocycles. The third-order valence-electron chi connectivity index (χ3n) is 4.55. The average Bonchev–Trinajstić information content (AvgIpc) is 3.17. The number of nitrogens with one attached hydrogen (secondary N) is 1. The van der Waals surface area contributed by atoms with Crippen molar-refractivity contribution in [2.75, 3.05) is 12.4 Å². The zero-order valence-corrected chi connectivity index (χ0v) is 16.0. The van der Waals surface area contributed by atoms with Gasteiger partial charge in [-0.2, -0.15) is 0 Å². The van der Waals surface area contributed by atoms with Crippen molar-refractivity contribution in [2.24, 2.45) is 0 Å². The molecule has 0 atom stereocenters. The van der Waals surface area contributed by atoms with Gasteiger partial charge in [0.25, 0.3) is 5.69 Å². The minimum atomic E-state index is -0.497. The molecule has 0 saturated heterocycles. The first-order valence-corrected chi connectivity index (χ1v) is 9.11. The molecule has 8 nitrogen and oxygen atoms in total. The molecule has 0 aliphatic carbocycles. The number of hydrogen-bond acceptors (Lipinski definition) is 6. The Bertz CT molecular complexity index is 1250. The first-order valence-electron chi connectivity index (χ1n) is 9.11. The number of amides is 1. The van der Waals surface area contributed by atoms with Gasteiger partial charge in [-0.05, 0) is 24.3 Å². The molecule has 1 N–H and O–H groups in total. The molecule has 8 heteroatoms. The number of carbonyl (C=O) groups is 1. The minimum Gasteiger partial charge on any atom is -0.496 e. The van der Waals surface area contributed by atoms with Crippen molar-refractivity contribution < 1.29 is 18.9 Å². The molecule has 150 valence electrons. The number of fused-ring (bicyclic) bond motifs is 1. The van der Waals surface area contributed by atoms with Crippen LogP contribution in [0.25, 0.3) is 22.6 Å². The van der Waals surface area contributed by atoms with E-state index in [-0.39, 0.29) is 18.0 Å². The molecule has 0 spiro atoms. The van der Waals surface area contributed by atoms with Crippen molar-refractivity contribution in [3.05, 3.63) is 82.4 Å². The number of nitro groups is 1. The molecule has 0 radical (unpaired) electrons. The molecule has 0 saturated carbocycles. The van der Waals surface area contributed by atoms with Crippen LogP contribution >= 0.6 is 0 Å². The van der Waals surface area contributed by atoms with Crippen LogP contribution in [-0.4, -0.2) is 22.9 Å². The fourth-order valence-electron chi connectivity index (χ4n) is 3.16. The topological polar surface area (TPSA) is 108 Å². The summed E-state index contributed by atoms with van der Waals surface area (Å²) in [6, 6.07) is 18.7. The Morgan fingerprint density at radius 1 is 1.13 bits per heavy atom. The number of oxazole rings is 1. The number of benzene rings is 3. The molecule has 30 heavy (non-hydrogen) atoms. The van der Waals surface area contributed by atoms with Crippen LogP contribution in [0.2, 0.25) is 0 Å². The number of aromatic nitrogens is 1. The highest BCUT2D eigenvalue weighted by Crippen LogP contribution is 2.32. The number of rotatable bonds is 6. The predicted molar refractivity (Wildman–Crippen MR) is 111 cm³/mol. The van der Waals surface area contributed by atoms with E-state index < -0.39 is 4.92 Å². The predicted octanol–water partition coefficient (Wildman–Crippen LogP) is 4.59. The summed E-state index contributed by atoms with van der Waals surface area (Å²) in [4.78, 5) is 27.5. The Morgan fingerprint density at radius 3 is 2.70 bits per heavy atom. The van der Waals surface area contributed by atoms with Gasteiger partial charge in [-0.25, -0.2) is 4.98 Å². The van der Waals surface area contributed by atoms with Gasteiger partial charge in [-0.15, -0.1) is 0 Å².